The lowest BCUT2D eigenvalue weighted by molar-refractivity contribution is 0.0507. The van der Waals surface area contributed by atoms with E-state index < -0.39 is 0 Å². The predicted octanol–water partition coefficient (Wildman–Crippen LogP) is 2.61. The van der Waals surface area contributed by atoms with Crippen molar-refractivity contribution >= 4 is 17.2 Å². The summed E-state index contributed by atoms with van der Waals surface area (Å²) >= 11 is 1.65. The summed E-state index contributed by atoms with van der Waals surface area (Å²) < 4.78 is 7.40. The van der Waals surface area contributed by atoms with Gasteiger partial charge in [-0.05, 0) is 42.2 Å². The molecule has 1 aliphatic rings. The molecule has 0 saturated carbocycles. The molecule has 1 amide bonds. The van der Waals surface area contributed by atoms with Gasteiger partial charge in [-0.25, -0.2) is 0 Å². The number of nitrogens with zero attached hydrogens (tertiary/aromatic N) is 3. The van der Waals surface area contributed by atoms with Crippen molar-refractivity contribution in [2.24, 2.45) is 7.05 Å². The van der Waals surface area contributed by atoms with E-state index in [0.717, 1.165) is 30.7 Å². The van der Waals surface area contributed by atoms with Crippen LogP contribution in [0.25, 0.3) is 0 Å². The van der Waals surface area contributed by atoms with E-state index in [-0.39, 0.29) is 12.0 Å². The maximum Gasteiger partial charge on any atom is 0.257 e. The van der Waals surface area contributed by atoms with Gasteiger partial charge in [-0.15, -0.1) is 0 Å². The summed E-state index contributed by atoms with van der Waals surface area (Å²) in [6.45, 7) is 3.94. The number of carbonyl (C=O) groups excluding carboxylic acids is 1. The van der Waals surface area contributed by atoms with Crippen molar-refractivity contribution in [1.82, 2.24) is 14.7 Å². The Kier molecular flexibility index (Phi) is 4.59. The molecule has 0 bridgehead atoms. The quantitative estimate of drug-likeness (QED) is 0.851. The van der Waals surface area contributed by atoms with Gasteiger partial charge < -0.3 is 9.64 Å². The fourth-order valence-corrected chi connectivity index (χ4v) is 3.50. The highest BCUT2D eigenvalue weighted by molar-refractivity contribution is 7.07. The zero-order valence-electron chi connectivity index (χ0n) is 13.0. The average Bonchev–Trinajstić information content (AvgIpc) is 3.20. The van der Waals surface area contributed by atoms with Crippen molar-refractivity contribution in [2.75, 3.05) is 13.2 Å². The van der Waals surface area contributed by atoms with Crippen LogP contribution in [0.3, 0.4) is 0 Å². The van der Waals surface area contributed by atoms with Gasteiger partial charge in [0.25, 0.3) is 5.91 Å². The van der Waals surface area contributed by atoms with Crippen molar-refractivity contribution in [2.45, 2.75) is 32.4 Å². The van der Waals surface area contributed by atoms with Crippen LogP contribution in [0, 0.1) is 6.92 Å². The van der Waals surface area contributed by atoms with Gasteiger partial charge in [0.2, 0.25) is 0 Å². The fourth-order valence-electron chi connectivity index (χ4n) is 2.84. The number of hydrogen-bond donors (Lipinski definition) is 0. The monoisotopic (exact) mass is 319 g/mol. The maximum absolute atomic E-state index is 12.9. The molecule has 1 atom stereocenters. The number of ether oxygens (including phenoxy) is 1. The van der Waals surface area contributed by atoms with Crippen LogP contribution < -0.4 is 0 Å². The largest absolute Gasteiger partial charge is 0.376 e. The van der Waals surface area contributed by atoms with Crippen LogP contribution in [0.2, 0.25) is 0 Å². The second kappa shape index (κ2) is 6.62. The highest BCUT2D eigenvalue weighted by Crippen LogP contribution is 2.19. The Hall–Kier alpha value is -1.66. The first kappa shape index (κ1) is 15.2. The molecule has 118 valence electrons. The Morgan fingerprint density at radius 3 is 3.05 bits per heavy atom. The Labute approximate surface area is 134 Å². The Balaban J connectivity index is 1.79. The molecular formula is C16H21N3O2S. The van der Waals surface area contributed by atoms with Crippen molar-refractivity contribution < 1.29 is 9.53 Å². The molecule has 1 fully saturated rings. The molecule has 1 saturated heterocycles. The summed E-state index contributed by atoms with van der Waals surface area (Å²) in [5.74, 6) is 0.0345. The Morgan fingerprint density at radius 2 is 2.45 bits per heavy atom. The van der Waals surface area contributed by atoms with E-state index in [0.29, 0.717) is 18.7 Å². The summed E-state index contributed by atoms with van der Waals surface area (Å²) in [5.41, 5.74) is 2.61. The number of carbonyl (C=O) groups is 1. The van der Waals surface area contributed by atoms with E-state index in [1.807, 2.05) is 24.3 Å². The zero-order valence-corrected chi connectivity index (χ0v) is 13.8. The predicted molar refractivity (Wildman–Crippen MR) is 86.0 cm³/mol. The van der Waals surface area contributed by atoms with Gasteiger partial charge in [0, 0.05) is 32.9 Å². The minimum absolute atomic E-state index is 0.0345. The molecule has 5 nitrogen and oxygen atoms in total. The molecule has 22 heavy (non-hydrogen) atoms. The minimum atomic E-state index is 0.0345. The number of aromatic nitrogens is 2. The molecule has 0 aromatic carbocycles. The molecule has 1 aliphatic heterocycles. The van der Waals surface area contributed by atoms with Crippen LogP contribution in [0.5, 0.6) is 0 Å². The molecule has 0 spiro atoms. The summed E-state index contributed by atoms with van der Waals surface area (Å²) in [4.78, 5) is 14.8. The smallest absolute Gasteiger partial charge is 0.257 e. The summed E-state index contributed by atoms with van der Waals surface area (Å²) in [6, 6.07) is 2.07. The molecule has 0 radical (unpaired) electrons. The minimum Gasteiger partial charge on any atom is -0.376 e. The first-order valence-electron chi connectivity index (χ1n) is 7.55. The Morgan fingerprint density at radius 1 is 1.59 bits per heavy atom. The standard InChI is InChI=1S/C16H21N3O2S/c1-12-15(10-18(2)17-12)16(20)19(8-13-5-7-22-11-13)9-14-4-3-6-21-14/h5,7,10-11,14H,3-4,6,8-9H2,1-2H3/t14-/m1/s1. The normalized spacial score (nSPS) is 17.8. The maximum atomic E-state index is 12.9. The molecule has 0 N–H and O–H groups in total. The Bertz CT molecular complexity index is 630. The second-order valence-electron chi connectivity index (χ2n) is 5.75. The van der Waals surface area contributed by atoms with E-state index in [4.69, 9.17) is 4.74 Å². The van der Waals surface area contributed by atoms with Gasteiger partial charge >= 0.3 is 0 Å². The van der Waals surface area contributed by atoms with Crippen LogP contribution in [0.4, 0.5) is 0 Å². The van der Waals surface area contributed by atoms with Crippen LogP contribution in [-0.2, 0) is 18.3 Å². The SMILES string of the molecule is Cc1nn(C)cc1C(=O)N(Cc1ccsc1)C[C@H]1CCCO1. The number of thiophene rings is 1. The third kappa shape index (κ3) is 3.39. The van der Waals surface area contributed by atoms with Gasteiger partial charge in [-0.2, -0.15) is 16.4 Å². The lowest BCUT2D eigenvalue weighted by atomic mass is 10.1. The zero-order chi connectivity index (χ0) is 15.5. The van der Waals surface area contributed by atoms with Gasteiger partial charge in [-0.3, -0.25) is 9.48 Å². The average molecular weight is 319 g/mol. The van der Waals surface area contributed by atoms with Gasteiger partial charge in [-0.1, -0.05) is 0 Å². The van der Waals surface area contributed by atoms with E-state index in [2.05, 4.69) is 16.5 Å². The lowest BCUT2D eigenvalue weighted by Gasteiger charge is -2.25. The van der Waals surface area contributed by atoms with Crippen molar-refractivity contribution in [3.05, 3.63) is 39.8 Å². The first-order chi connectivity index (χ1) is 10.6. The summed E-state index contributed by atoms with van der Waals surface area (Å²) in [7, 11) is 1.84. The number of hydrogen-bond acceptors (Lipinski definition) is 4. The molecule has 0 aliphatic carbocycles. The van der Waals surface area contributed by atoms with E-state index in [1.165, 1.54) is 0 Å². The molecule has 0 unspecified atom stereocenters. The van der Waals surface area contributed by atoms with Gasteiger partial charge in [0.05, 0.1) is 17.4 Å². The van der Waals surface area contributed by atoms with Gasteiger partial charge in [0.1, 0.15) is 0 Å². The molecule has 3 rings (SSSR count). The molecule has 2 aromatic rings. The van der Waals surface area contributed by atoms with Crippen LogP contribution in [-0.4, -0.2) is 39.8 Å². The first-order valence-corrected chi connectivity index (χ1v) is 8.50. The fraction of sp³-hybridized carbons (Fsp3) is 0.500. The van der Waals surface area contributed by atoms with Crippen LogP contribution in [0.1, 0.15) is 34.5 Å². The highest BCUT2D eigenvalue weighted by Gasteiger charge is 2.25. The van der Waals surface area contributed by atoms with Crippen LogP contribution >= 0.6 is 11.3 Å². The highest BCUT2D eigenvalue weighted by atomic mass is 32.1. The third-order valence-corrected chi connectivity index (χ3v) is 4.66. The molecular weight excluding hydrogens is 298 g/mol. The number of amides is 1. The molecule has 6 heteroatoms. The number of aryl methyl sites for hydroxylation is 2. The second-order valence-corrected chi connectivity index (χ2v) is 6.53. The summed E-state index contributed by atoms with van der Waals surface area (Å²) in [6.07, 6.45) is 4.06. The van der Waals surface area contributed by atoms with Crippen molar-refractivity contribution in [3.63, 3.8) is 0 Å². The van der Waals surface area contributed by atoms with Crippen molar-refractivity contribution in [3.8, 4) is 0 Å². The summed E-state index contributed by atoms with van der Waals surface area (Å²) in [5, 5.41) is 8.41. The van der Waals surface area contributed by atoms with Crippen molar-refractivity contribution in [1.29, 1.82) is 0 Å². The van der Waals surface area contributed by atoms with E-state index >= 15 is 0 Å². The number of rotatable bonds is 5. The lowest BCUT2D eigenvalue weighted by Crippen LogP contribution is -2.37. The van der Waals surface area contributed by atoms with Crippen LogP contribution in [0.15, 0.2) is 23.0 Å². The molecule has 2 aromatic heterocycles. The topological polar surface area (TPSA) is 47.4 Å². The third-order valence-electron chi connectivity index (χ3n) is 3.93. The molecule has 3 heterocycles. The van der Waals surface area contributed by atoms with Gasteiger partial charge in [0.15, 0.2) is 0 Å². The van der Waals surface area contributed by atoms with E-state index in [9.17, 15) is 4.79 Å². The van der Waals surface area contributed by atoms with E-state index in [1.54, 1.807) is 22.2 Å².